The number of aliphatic hydroxyl groups excluding tert-OH is 1. The topological polar surface area (TPSA) is 42.4 Å². The summed E-state index contributed by atoms with van der Waals surface area (Å²) in [5.74, 6) is 0. The van der Waals surface area contributed by atoms with Gasteiger partial charge in [-0.25, -0.2) is 0 Å². The third-order valence-electron chi connectivity index (χ3n) is 2.50. The fraction of sp³-hybridized carbons (Fsp3) is 0.308. The number of aliphatic hydroxyl groups is 1. The van der Waals surface area contributed by atoms with Crippen molar-refractivity contribution in [1.29, 1.82) is 0 Å². The van der Waals surface area contributed by atoms with Gasteiger partial charge in [-0.2, -0.15) is 0 Å². The number of rotatable bonds is 4. The Kier molecular flexibility index (Phi) is 3.49. The van der Waals surface area contributed by atoms with Crippen LogP contribution in [0.2, 0.25) is 0 Å². The van der Waals surface area contributed by atoms with Gasteiger partial charge < -0.3 is 9.84 Å². The summed E-state index contributed by atoms with van der Waals surface area (Å²) in [5, 5.41) is 11.0. The van der Waals surface area contributed by atoms with Gasteiger partial charge in [0.25, 0.3) is 0 Å². The van der Waals surface area contributed by atoms with Crippen molar-refractivity contribution in [1.82, 2.24) is 4.98 Å². The van der Waals surface area contributed by atoms with Gasteiger partial charge in [-0.1, -0.05) is 24.3 Å². The van der Waals surface area contributed by atoms with Gasteiger partial charge in [-0.15, -0.1) is 0 Å². The third kappa shape index (κ3) is 2.21. The Hall–Kier alpha value is -1.45. The first kappa shape index (κ1) is 11.0. The molecule has 0 spiro atoms. The van der Waals surface area contributed by atoms with E-state index in [0.717, 1.165) is 16.5 Å². The molecule has 1 aromatic heterocycles. The molecule has 0 radical (unpaired) electrons. The van der Waals surface area contributed by atoms with Gasteiger partial charge in [0.2, 0.25) is 0 Å². The highest BCUT2D eigenvalue weighted by molar-refractivity contribution is 5.81. The maximum Gasteiger partial charge on any atom is 0.104 e. The molecule has 1 atom stereocenters. The number of benzene rings is 1. The van der Waals surface area contributed by atoms with Crippen molar-refractivity contribution in [2.24, 2.45) is 0 Å². The highest BCUT2D eigenvalue weighted by atomic mass is 16.5. The Balaban J connectivity index is 2.36. The van der Waals surface area contributed by atoms with Crippen LogP contribution in [0.1, 0.15) is 18.6 Å². The second kappa shape index (κ2) is 5.05. The quantitative estimate of drug-likeness (QED) is 0.854. The zero-order valence-corrected chi connectivity index (χ0v) is 9.26. The van der Waals surface area contributed by atoms with Crippen LogP contribution in [-0.4, -0.2) is 23.3 Å². The SMILES string of the molecule is CCOCC(O)c1cccc2cccnc12. The summed E-state index contributed by atoms with van der Waals surface area (Å²) in [6.45, 7) is 2.83. The van der Waals surface area contributed by atoms with Crippen molar-refractivity contribution in [3.8, 4) is 0 Å². The zero-order chi connectivity index (χ0) is 11.4. The molecule has 2 rings (SSSR count). The highest BCUT2D eigenvalue weighted by Crippen LogP contribution is 2.22. The van der Waals surface area contributed by atoms with Crippen LogP contribution in [0.5, 0.6) is 0 Å². The van der Waals surface area contributed by atoms with E-state index >= 15 is 0 Å². The first-order valence-corrected chi connectivity index (χ1v) is 5.42. The standard InChI is InChI=1S/C13H15NO2/c1-2-16-9-12(15)11-7-3-5-10-6-4-8-14-13(10)11/h3-8,12,15H,2,9H2,1H3. The minimum Gasteiger partial charge on any atom is -0.386 e. The first-order valence-electron chi connectivity index (χ1n) is 5.42. The third-order valence-corrected chi connectivity index (χ3v) is 2.50. The van der Waals surface area contributed by atoms with Gasteiger partial charge in [0.15, 0.2) is 0 Å². The molecule has 2 aromatic rings. The summed E-state index contributed by atoms with van der Waals surface area (Å²) < 4.78 is 5.22. The van der Waals surface area contributed by atoms with Crippen molar-refractivity contribution >= 4 is 10.9 Å². The minimum atomic E-state index is -0.612. The number of para-hydroxylation sites is 1. The molecule has 0 aliphatic rings. The molecule has 0 amide bonds. The average molecular weight is 217 g/mol. The molecule has 3 heteroatoms. The summed E-state index contributed by atoms with van der Waals surface area (Å²) in [6, 6.07) is 9.67. The molecular formula is C13H15NO2. The molecule has 1 N–H and O–H groups in total. The molecule has 0 saturated heterocycles. The Morgan fingerprint density at radius 3 is 2.94 bits per heavy atom. The molecule has 1 heterocycles. The zero-order valence-electron chi connectivity index (χ0n) is 9.26. The Morgan fingerprint density at radius 1 is 1.31 bits per heavy atom. The molecule has 0 saturated carbocycles. The van der Waals surface area contributed by atoms with E-state index in [-0.39, 0.29) is 0 Å². The maximum absolute atomic E-state index is 9.98. The van der Waals surface area contributed by atoms with Crippen LogP contribution in [0, 0.1) is 0 Å². The smallest absolute Gasteiger partial charge is 0.104 e. The van der Waals surface area contributed by atoms with Gasteiger partial charge in [-0.05, 0) is 13.0 Å². The summed E-state index contributed by atoms with van der Waals surface area (Å²) in [6.07, 6.45) is 1.12. The van der Waals surface area contributed by atoms with Crippen molar-refractivity contribution in [2.75, 3.05) is 13.2 Å². The normalized spacial score (nSPS) is 12.9. The minimum absolute atomic E-state index is 0.312. The number of fused-ring (bicyclic) bond motifs is 1. The van der Waals surface area contributed by atoms with Crippen molar-refractivity contribution in [3.63, 3.8) is 0 Å². The van der Waals surface area contributed by atoms with Crippen LogP contribution in [0.25, 0.3) is 10.9 Å². The number of hydrogen-bond donors (Lipinski definition) is 1. The van der Waals surface area contributed by atoms with Crippen LogP contribution >= 0.6 is 0 Å². The summed E-state index contributed by atoms with van der Waals surface area (Å²) in [5.41, 5.74) is 1.67. The molecule has 84 valence electrons. The largest absolute Gasteiger partial charge is 0.386 e. The summed E-state index contributed by atoms with van der Waals surface area (Å²) in [7, 11) is 0. The van der Waals surface area contributed by atoms with E-state index in [0.29, 0.717) is 13.2 Å². The number of ether oxygens (including phenoxy) is 1. The van der Waals surface area contributed by atoms with Crippen LogP contribution < -0.4 is 0 Å². The van der Waals surface area contributed by atoms with E-state index < -0.39 is 6.10 Å². The lowest BCUT2D eigenvalue weighted by Crippen LogP contribution is -2.07. The molecule has 0 aliphatic heterocycles. The predicted octanol–water partition coefficient (Wildman–Crippen LogP) is 2.30. The van der Waals surface area contributed by atoms with E-state index in [1.807, 2.05) is 37.3 Å². The van der Waals surface area contributed by atoms with E-state index in [4.69, 9.17) is 4.74 Å². The van der Waals surface area contributed by atoms with Gasteiger partial charge >= 0.3 is 0 Å². The second-order valence-electron chi connectivity index (χ2n) is 3.60. The molecule has 0 fully saturated rings. The first-order chi connectivity index (χ1) is 7.83. The van der Waals surface area contributed by atoms with Crippen molar-refractivity contribution in [2.45, 2.75) is 13.0 Å². The van der Waals surface area contributed by atoms with Crippen LogP contribution in [-0.2, 0) is 4.74 Å². The van der Waals surface area contributed by atoms with Crippen LogP contribution in [0.4, 0.5) is 0 Å². The molecule has 0 bridgehead atoms. The average Bonchev–Trinajstić information content (AvgIpc) is 2.35. The van der Waals surface area contributed by atoms with Gasteiger partial charge in [-0.3, -0.25) is 4.98 Å². The summed E-state index contributed by atoms with van der Waals surface area (Å²) in [4.78, 5) is 4.29. The number of aromatic nitrogens is 1. The van der Waals surface area contributed by atoms with E-state index in [1.54, 1.807) is 6.20 Å². The second-order valence-corrected chi connectivity index (χ2v) is 3.60. The molecule has 1 aromatic carbocycles. The van der Waals surface area contributed by atoms with Crippen molar-refractivity contribution < 1.29 is 9.84 Å². The Labute approximate surface area is 94.7 Å². The molecular weight excluding hydrogens is 202 g/mol. The van der Waals surface area contributed by atoms with Gasteiger partial charge in [0.05, 0.1) is 12.1 Å². The molecule has 0 aliphatic carbocycles. The number of nitrogens with zero attached hydrogens (tertiary/aromatic N) is 1. The lowest BCUT2D eigenvalue weighted by molar-refractivity contribution is 0.0427. The monoisotopic (exact) mass is 217 g/mol. The predicted molar refractivity (Wildman–Crippen MR) is 63.2 cm³/mol. The van der Waals surface area contributed by atoms with E-state index in [2.05, 4.69) is 4.98 Å². The lowest BCUT2D eigenvalue weighted by atomic mass is 10.1. The number of pyridine rings is 1. The van der Waals surface area contributed by atoms with Crippen LogP contribution in [0.3, 0.4) is 0 Å². The number of hydrogen-bond acceptors (Lipinski definition) is 3. The Morgan fingerprint density at radius 2 is 2.12 bits per heavy atom. The van der Waals surface area contributed by atoms with Crippen molar-refractivity contribution in [3.05, 3.63) is 42.1 Å². The lowest BCUT2D eigenvalue weighted by Gasteiger charge is -2.12. The molecule has 3 nitrogen and oxygen atoms in total. The highest BCUT2D eigenvalue weighted by Gasteiger charge is 2.11. The maximum atomic E-state index is 9.98. The van der Waals surface area contributed by atoms with E-state index in [1.165, 1.54) is 0 Å². The fourth-order valence-corrected chi connectivity index (χ4v) is 1.72. The van der Waals surface area contributed by atoms with Gasteiger partial charge in [0, 0.05) is 23.8 Å². The fourth-order valence-electron chi connectivity index (χ4n) is 1.72. The molecule has 1 unspecified atom stereocenters. The van der Waals surface area contributed by atoms with E-state index in [9.17, 15) is 5.11 Å². The Bertz CT molecular complexity index is 465. The van der Waals surface area contributed by atoms with Crippen LogP contribution in [0.15, 0.2) is 36.5 Å². The van der Waals surface area contributed by atoms with Gasteiger partial charge in [0.1, 0.15) is 6.10 Å². The summed E-state index contributed by atoms with van der Waals surface area (Å²) >= 11 is 0. The molecule has 16 heavy (non-hydrogen) atoms.